The van der Waals surface area contributed by atoms with Gasteiger partial charge in [0, 0.05) is 80.5 Å². The van der Waals surface area contributed by atoms with Crippen molar-refractivity contribution in [3.05, 3.63) is 0 Å². The van der Waals surface area contributed by atoms with Gasteiger partial charge in [-0.05, 0) is 0 Å². The van der Waals surface area contributed by atoms with Crippen LogP contribution in [0.2, 0.25) is 0 Å². The summed E-state index contributed by atoms with van der Waals surface area (Å²) in [5, 5.41) is 0. The monoisotopic (exact) mass is 141 g/mol. The van der Waals surface area contributed by atoms with E-state index >= 15 is 0 Å². The second kappa shape index (κ2) is 17.6. The molecule has 4 heteroatoms. The van der Waals surface area contributed by atoms with Gasteiger partial charge in [-0.25, -0.2) is 0 Å². The Hall–Kier alpha value is 2.59. The van der Waals surface area contributed by atoms with Crippen LogP contribution in [0.25, 0.3) is 0 Å². The third kappa shape index (κ3) is 8.82. The van der Waals surface area contributed by atoms with E-state index in [0.717, 1.165) is 0 Å². The maximum absolute atomic E-state index is 0. The number of hydrogen-bond acceptors (Lipinski definition) is 0. The quantitative estimate of drug-likeness (QED) is 0.358. The minimum absolute atomic E-state index is 0. The summed E-state index contributed by atoms with van der Waals surface area (Å²) in [5.41, 5.74) is 0. The molecular formula is Li3Sn. The molecule has 0 saturated heterocycles. The first-order valence-corrected chi connectivity index (χ1v) is 0. The van der Waals surface area contributed by atoms with Gasteiger partial charge in [0.2, 0.25) is 0 Å². The zero-order chi connectivity index (χ0) is 0. The molecule has 0 bridgehead atoms. The summed E-state index contributed by atoms with van der Waals surface area (Å²) in [5.74, 6) is 0. The van der Waals surface area contributed by atoms with E-state index in [1.54, 1.807) is 0 Å². The molecule has 0 aliphatic rings. The summed E-state index contributed by atoms with van der Waals surface area (Å²) in [6, 6.07) is 0. The van der Waals surface area contributed by atoms with Crippen LogP contribution in [0.4, 0.5) is 0 Å². The summed E-state index contributed by atoms with van der Waals surface area (Å²) in [6.45, 7) is 0. The first-order chi connectivity index (χ1) is 0. The predicted molar refractivity (Wildman–Crippen MR) is 23.0 cm³/mol. The Balaban J connectivity index is 0. The van der Waals surface area contributed by atoms with Crippen molar-refractivity contribution in [2.75, 3.05) is 0 Å². The summed E-state index contributed by atoms with van der Waals surface area (Å²) < 4.78 is 0. The Morgan fingerprint density at radius 3 is 0.500 bits per heavy atom. The molecule has 0 amide bonds. The Morgan fingerprint density at radius 1 is 0.500 bits per heavy atom. The van der Waals surface area contributed by atoms with E-state index in [0.29, 0.717) is 0 Å². The summed E-state index contributed by atoms with van der Waals surface area (Å²) in [4.78, 5) is 0. The molecule has 7 radical (unpaired) electrons. The van der Waals surface area contributed by atoms with E-state index < -0.39 is 0 Å². The molecule has 7 valence electrons. The van der Waals surface area contributed by atoms with Gasteiger partial charge in [0.05, 0.1) is 0 Å². The van der Waals surface area contributed by atoms with Crippen LogP contribution in [-0.4, -0.2) is 80.5 Å². The van der Waals surface area contributed by atoms with Crippen molar-refractivity contribution in [1.29, 1.82) is 0 Å². The van der Waals surface area contributed by atoms with Crippen LogP contribution in [0.5, 0.6) is 0 Å². The molecule has 0 aromatic heterocycles. The van der Waals surface area contributed by atoms with Gasteiger partial charge in [-0.15, -0.1) is 0 Å². The van der Waals surface area contributed by atoms with Crippen LogP contribution in [-0.2, 0) is 0 Å². The minimum Gasteiger partial charge on any atom is 0 e. The van der Waals surface area contributed by atoms with Crippen LogP contribution in [0.15, 0.2) is 0 Å². The molecule has 0 rings (SSSR count). The molecule has 0 saturated carbocycles. The molecule has 0 aliphatic heterocycles. The molecule has 0 aliphatic carbocycles. The second-order valence-corrected chi connectivity index (χ2v) is 0. The summed E-state index contributed by atoms with van der Waals surface area (Å²) >= 11 is 0. The van der Waals surface area contributed by atoms with Crippen molar-refractivity contribution in [3.63, 3.8) is 0 Å². The van der Waals surface area contributed by atoms with Crippen molar-refractivity contribution in [2.45, 2.75) is 0 Å². The van der Waals surface area contributed by atoms with Gasteiger partial charge in [-0.2, -0.15) is 0 Å². The zero-order valence-corrected chi connectivity index (χ0v) is 6.35. The van der Waals surface area contributed by atoms with E-state index in [2.05, 4.69) is 0 Å². The van der Waals surface area contributed by atoms with Crippen molar-refractivity contribution in [3.8, 4) is 0 Å². The molecule has 0 nitrogen and oxygen atoms in total. The van der Waals surface area contributed by atoms with E-state index in [-0.39, 0.29) is 80.5 Å². The van der Waals surface area contributed by atoms with Gasteiger partial charge in [-0.3, -0.25) is 0 Å². The Kier molecular flexibility index (Phi) is 135. The van der Waals surface area contributed by atoms with Crippen LogP contribution < -0.4 is 0 Å². The van der Waals surface area contributed by atoms with E-state index in [1.165, 1.54) is 0 Å². The molecule has 0 spiro atoms. The predicted octanol–water partition coefficient (Wildman–Crippen LogP) is -1.52. The standard InChI is InChI=1S/3Li.Sn. The maximum Gasteiger partial charge on any atom is 0 e. The fourth-order valence-electron chi connectivity index (χ4n) is 0. The third-order valence-electron chi connectivity index (χ3n) is 0. The normalized spacial score (nSPS) is 0. The Labute approximate surface area is 79.3 Å². The van der Waals surface area contributed by atoms with Gasteiger partial charge < -0.3 is 0 Å². The summed E-state index contributed by atoms with van der Waals surface area (Å²) in [6.07, 6.45) is 0. The van der Waals surface area contributed by atoms with E-state index in [9.17, 15) is 0 Å². The smallest absolute Gasteiger partial charge is 0 e. The SMILES string of the molecule is [Li].[Li].[Li].[Sn]. The Bertz CT molecular complexity index is 3.25. The fraction of sp³-hybridized carbons (Fsp3) is 0. The van der Waals surface area contributed by atoms with E-state index in [4.69, 9.17) is 0 Å². The topological polar surface area (TPSA) is 0 Å². The molecule has 0 atom stereocenters. The molecule has 4 heavy (non-hydrogen) atoms. The van der Waals surface area contributed by atoms with Crippen LogP contribution in [0, 0.1) is 0 Å². The molecule has 0 heterocycles. The molecule has 0 unspecified atom stereocenters. The van der Waals surface area contributed by atoms with Crippen LogP contribution >= 0.6 is 0 Å². The second-order valence-electron chi connectivity index (χ2n) is 0. The van der Waals surface area contributed by atoms with Gasteiger partial charge in [-0.1, -0.05) is 0 Å². The van der Waals surface area contributed by atoms with Crippen molar-refractivity contribution in [1.82, 2.24) is 0 Å². The molecule has 0 N–H and O–H groups in total. The third-order valence-corrected chi connectivity index (χ3v) is 0. The van der Waals surface area contributed by atoms with Crippen molar-refractivity contribution < 1.29 is 0 Å². The van der Waals surface area contributed by atoms with Crippen LogP contribution in [0.1, 0.15) is 0 Å². The Morgan fingerprint density at radius 2 is 0.500 bits per heavy atom. The molecule has 0 aromatic carbocycles. The maximum atomic E-state index is 0. The molecular weight excluding hydrogens is 140 g/mol. The average molecular weight is 140 g/mol. The number of hydrogen-bond donors (Lipinski definition) is 0. The zero-order valence-electron chi connectivity index (χ0n) is 3.50. The van der Waals surface area contributed by atoms with Gasteiger partial charge >= 0.3 is 0 Å². The van der Waals surface area contributed by atoms with Gasteiger partial charge in [0.1, 0.15) is 0 Å². The van der Waals surface area contributed by atoms with Crippen molar-refractivity contribution >= 4 is 80.5 Å². The molecule has 0 aromatic rings. The van der Waals surface area contributed by atoms with Gasteiger partial charge in [0.15, 0.2) is 0 Å². The summed E-state index contributed by atoms with van der Waals surface area (Å²) in [7, 11) is 0. The van der Waals surface area contributed by atoms with Crippen molar-refractivity contribution in [2.24, 2.45) is 0 Å². The average Bonchev–Trinajstić information content (AvgIpc) is 0. The first kappa shape index (κ1) is 30.7. The van der Waals surface area contributed by atoms with Crippen LogP contribution in [0.3, 0.4) is 0 Å². The fourth-order valence-corrected chi connectivity index (χ4v) is 0. The first-order valence-electron chi connectivity index (χ1n) is 0. The molecule has 0 fully saturated rings. The number of rotatable bonds is 0. The largest absolute Gasteiger partial charge is 0 e. The minimum atomic E-state index is 0. The van der Waals surface area contributed by atoms with E-state index in [1.807, 2.05) is 0 Å². The van der Waals surface area contributed by atoms with Gasteiger partial charge in [0.25, 0.3) is 0 Å².